The van der Waals surface area contributed by atoms with Gasteiger partial charge in [0, 0.05) is 22.3 Å². The van der Waals surface area contributed by atoms with Gasteiger partial charge in [-0.1, -0.05) is 66.2 Å². The number of aryl methyl sites for hydroxylation is 2. The van der Waals surface area contributed by atoms with Crippen LogP contribution in [0.3, 0.4) is 0 Å². The molecule has 0 aliphatic heterocycles. The van der Waals surface area contributed by atoms with E-state index in [1.54, 1.807) is 36.4 Å². The van der Waals surface area contributed by atoms with Crippen LogP contribution in [0.4, 0.5) is 0 Å². The molecular formula is C34H26O6S. The molecule has 0 saturated heterocycles. The van der Waals surface area contributed by atoms with Crippen molar-refractivity contribution in [2.75, 3.05) is 0 Å². The van der Waals surface area contributed by atoms with E-state index in [2.05, 4.69) is 0 Å². The molecule has 0 aliphatic rings. The normalized spacial score (nSPS) is 11.2. The van der Waals surface area contributed by atoms with E-state index in [1.807, 2.05) is 68.4 Å². The fourth-order valence-corrected chi connectivity index (χ4v) is 4.86. The minimum absolute atomic E-state index is 0.0427. The summed E-state index contributed by atoms with van der Waals surface area (Å²) in [5.74, 6) is 0.664. The Labute approximate surface area is 238 Å². The van der Waals surface area contributed by atoms with Gasteiger partial charge in [-0.15, -0.1) is 0 Å². The summed E-state index contributed by atoms with van der Waals surface area (Å²) in [6.07, 6.45) is 0. The van der Waals surface area contributed by atoms with E-state index < -0.39 is 10.1 Å². The van der Waals surface area contributed by atoms with Crippen molar-refractivity contribution in [3.05, 3.63) is 149 Å². The van der Waals surface area contributed by atoms with Crippen LogP contribution in [0.5, 0.6) is 11.5 Å². The summed E-state index contributed by atoms with van der Waals surface area (Å²) in [4.78, 5) is 26.0. The zero-order chi connectivity index (χ0) is 29.1. The maximum atomic E-state index is 13.4. The molecule has 7 heteroatoms. The second kappa shape index (κ2) is 11.3. The Hall–Kier alpha value is -4.85. The largest absolute Gasteiger partial charge is 0.457 e. The summed E-state index contributed by atoms with van der Waals surface area (Å²) in [6, 6.07) is 32.6. The Kier molecular flexibility index (Phi) is 7.66. The number of rotatable bonds is 8. The zero-order valence-electron chi connectivity index (χ0n) is 22.4. The smallest absolute Gasteiger partial charge is 0.294 e. The monoisotopic (exact) mass is 562 g/mol. The third-order valence-corrected chi connectivity index (χ3v) is 7.62. The van der Waals surface area contributed by atoms with Gasteiger partial charge in [0.1, 0.15) is 11.5 Å². The molecular weight excluding hydrogens is 536 g/mol. The van der Waals surface area contributed by atoms with Gasteiger partial charge in [-0.2, -0.15) is 8.42 Å². The Morgan fingerprint density at radius 2 is 1.05 bits per heavy atom. The molecule has 0 bridgehead atoms. The molecule has 5 rings (SSSR count). The lowest BCUT2D eigenvalue weighted by molar-refractivity contribution is 0.103. The van der Waals surface area contributed by atoms with Crippen molar-refractivity contribution in [3.63, 3.8) is 0 Å². The van der Waals surface area contributed by atoms with Crippen LogP contribution < -0.4 is 4.74 Å². The van der Waals surface area contributed by atoms with Crippen LogP contribution >= 0.6 is 0 Å². The third kappa shape index (κ3) is 6.32. The second-order valence-corrected chi connectivity index (χ2v) is 11.1. The van der Waals surface area contributed by atoms with Crippen LogP contribution in [0, 0.1) is 13.8 Å². The average molecular weight is 563 g/mol. The number of ether oxygens (including phenoxy) is 1. The van der Waals surface area contributed by atoms with Crippen LogP contribution in [0.2, 0.25) is 0 Å². The van der Waals surface area contributed by atoms with Gasteiger partial charge >= 0.3 is 0 Å². The summed E-state index contributed by atoms with van der Waals surface area (Å²) in [5, 5.41) is 0. The second-order valence-electron chi connectivity index (χ2n) is 9.70. The first-order valence-corrected chi connectivity index (χ1v) is 14.3. The van der Waals surface area contributed by atoms with Gasteiger partial charge in [0.2, 0.25) is 0 Å². The first-order valence-electron chi connectivity index (χ1n) is 12.8. The van der Waals surface area contributed by atoms with E-state index >= 15 is 0 Å². The van der Waals surface area contributed by atoms with E-state index in [0.717, 1.165) is 22.3 Å². The van der Waals surface area contributed by atoms with Crippen LogP contribution in [0.1, 0.15) is 43.0 Å². The number of carbonyl (C=O) groups is 2. The van der Waals surface area contributed by atoms with E-state index in [0.29, 0.717) is 33.8 Å². The number of ketones is 2. The van der Waals surface area contributed by atoms with Gasteiger partial charge in [-0.05, 0) is 85.1 Å². The van der Waals surface area contributed by atoms with Crippen molar-refractivity contribution in [3.8, 4) is 22.6 Å². The van der Waals surface area contributed by atoms with Crippen LogP contribution in [-0.4, -0.2) is 24.5 Å². The summed E-state index contributed by atoms with van der Waals surface area (Å²) < 4.78 is 37.3. The molecule has 6 nitrogen and oxygen atoms in total. The van der Waals surface area contributed by atoms with Crippen LogP contribution in [-0.2, 0) is 10.1 Å². The summed E-state index contributed by atoms with van der Waals surface area (Å²) in [5.41, 5.74) is 5.97. The van der Waals surface area contributed by atoms with Gasteiger partial charge in [-0.25, -0.2) is 0 Å². The number of hydrogen-bond acceptors (Lipinski definition) is 5. The summed E-state index contributed by atoms with van der Waals surface area (Å²) in [7, 11) is -4.28. The van der Waals surface area contributed by atoms with Crippen molar-refractivity contribution in [1.29, 1.82) is 0 Å². The van der Waals surface area contributed by atoms with Gasteiger partial charge < -0.3 is 4.74 Å². The predicted molar refractivity (Wildman–Crippen MR) is 157 cm³/mol. The highest BCUT2D eigenvalue weighted by molar-refractivity contribution is 7.85. The van der Waals surface area contributed by atoms with Crippen LogP contribution in [0.25, 0.3) is 11.1 Å². The lowest BCUT2D eigenvalue weighted by Gasteiger charge is -2.11. The Morgan fingerprint density at radius 1 is 0.585 bits per heavy atom. The van der Waals surface area contributed by atoms with E-state index in [9.17, 15) is 18.0 Å². The first kappa shape index (κ1) is 27.7. The molecule has 0 amide bonds. The standard InChI is InChI=1S/C34H26O6S/c1-22-3-6-25(7-4-22)33(35)26-11-9-24(10-12-26)28-8-5-23(2)32(21-28)34(36)27-13-15-29(16-14-27)40-30-17-19-31(20-18-30)41(37,38)39/h3-21H,1-2H3,(H,37,38,39). The Bertz CT molecular complexity index is 1840. The third-order valence-electron chi connectivity index (χ3n) is 6.75. The molecule has 5 aromatic rings. The van der Waals surface area contributed by atoms with Crippen molar-refractivity contribution in [2.24, 2.45) is 0 Å². The molecule has 0 aliphatic carbocycles. The fourth-order valence-electron chi connectivity index (χ4n) is 4.38. The quantitative estimate of drug-likeness (QED) is 0.156. The van der Waals surface area contributed by atoms with Crippen molar-refractivity contribution in [2.45, 2.75) is 18.7 Å². The molecule has 0 spiro atoms. The van der Waals surface area contributed by atoms with E-state index in [4.69, 9.17) is 9.29 Å². The van der Waals surface area contributed by atoms with E-state index in [-0.39, 0.29) is 16.5 Å². The lowest BCUT2D eigenvalue weighted by Crippen LogP contribution is -2.04. The fraction of sp³-hybridized carbons (Fsp3) is 0.0588. The molecule has 0 unspecified atom stereocenters. The first-order chi connectivity index (χ1) is 19.6. The van der Waals surface area contributed by atoms with Crippen molar-refractivity contribution >= 4 is 21.7 Å². The van der Waals surface area contributed by atoms with Gasteiger partial charge in [0.25, 0.3) is 10.1 Å². The Morgan fingerprint density at radius 3 is 1.61 bits per heavy atom. The maximum Gasteiger partial charge on any atom is 0.294 e. The SMILES string of the molecule is Cc1ccc(C(=O)c2ccc(-c3ccc(C)c(C(=O)c4ccc(Oc5ccc(S(=O)(=O)O)cc5)cc4)c3)cc2)cc1. The predicted octanol–water partition coefficient (Wildman–Crippen LogP) is 7.47. The molecule has 0 heterocycles. The zero-order valence-corrected chi connectivity index (χ0v) is 23.2. The molecule has 204 valence electrons. The maximum absolute atomic E-state index is 13.4. The van der Waals surface area contributed by atoms with Crippen molar-refractivity contribution in [1.82, 2.24) is 0 Å². The van der Waals surface area contributed by atoms with Gasteiger partial charge in [0.15, 0.2) is 11.6 Å². The Balaban J connectivity index is 1.32. The highest BCUT2D eigenvalue weighted by Crippen LogP contribution is 2.27. The average Bonchev–Trinajstić information content (AvgIpc) is 2.97. The molecule has 41 heavy (non-hydrogen) atoms. The van der Waals surface area contributed by atoms with Gasteiger partial charge in [-0.3, -0.25) is 14.1 Å². The molecule has 5 aromatic carbocycles. The highest BCUT2D eigenvalue weighted by Gasteiger charge is 2.15. The topological polar surface area (TPSA) is 97.7 Å². The minimum Gasteiger partial charge on any atom is -0.457 e. The molecule has 0 radical (unpaired) electrons. The number of hydrogen-bond donors (Lipinski definition) is 1. The van der Waals surface area contributed by atoms with Crippen LogP contribution in [0.15, 0.2) is 120 Å². The highest BCUT2D eigenvalue weighted by atomic mass is 32.2. The summed E-state index contributed by atoms with van der Waals surface area (Å²) >= 11 is 0. The van der Waals surface area contributed by atoms with Crippen molar-refractivity contribution < 1.29 is 27.3 Å². The number of carbonyl (C=O) groups excluding carboxylic acids is 2. The molecule has 0 aromatic heterocycles. The molecule has 0 saturated carbocycles. The van der Waals surface area contributed by atoms with Gasteiger partial charge in [0.05, 0.1) is 4.90 Å². The lowest BCUT2D eigenvalue weighted by atomic mass is 9.93. The van der Waals surface area contributed by atoms with E-state index in [1.165, 1.54) is 24.3 Å². The molecule has 1 N–H and O–H groups in total. The minimum atomic E-state index is -4.28. The molecule has 0 fully saturated rings. The summed E-state index contributed by atoms with van der Waals surface area (Å²) in [6.45, 7) is 3.86. The number of benzene rings is 5. The molecule has 0 atom stereocenters.